The van der Waals surface area contributed by atoms with Crippen molar-refractivity contribution in [3.8, 4) is 16.9 Å². The molecule has 0 fully saturated rings. The van der Waals surface area contributed by atoms with Crippen molar-refractivity contribution in [2.75, 3.05) is 0 Å². The van der Waals surface area contributed by atoms with Crippen molar-refractivity contribution >= 4 is 11.6 Å². The molecule has 3 rings (SSSR count). The van der Waals surface area contributed by atoms with E-state index in [4.69, 9.17) is 5.11 Å². The molecule has 0 aliphatic rings. The number of hydrogen-bond acceptors (Lipinski definition) is 4. The largest absolute Gasteiger partial charge is 0.506 e. The Morgan fingerprint density at radius 1 is 1.36 bits per heavy atom. The molecule has 0 saturated carbocycles. The number of aromatic hydroxyl groups is 1. The summed E-state index contributed by atoms with van der Waals surface area (Å²) in [5.41, 5.74) is 4.40. The SMILES string of the molecule is Cc1cc(-c2cnnn3cc(O)cc23)ccc1CNC(=O)O. The van der Waals surface area contributed by atoms with Gasteiger partial charge in [0, 0.05) is 18.2 Å². The molecule has 0 bridgehead atoms. The molecule has 0 atom stereocenters. The maximum absolute atomic E-state index is 10.6. The highest BCUT2D eigenvalue weighted by Crippen LogP contribution is 2.28. The highest BCUT2D eigenvalue weighted by Gasteiger charge is 2.09. The van der Waals surface area contributed by atoms with Crippen molar-refractivity contribution in [1.29, 1.82) is 0 Å². The highest BCUT2D eigenvalue weighted by atomic mass is 16.4. The molecule has 7 nitrogen and oxygen atoms in total. The number of carbonyl (C=O) groups is 1. The van der Waals surface area contributed by atoms with Gasteiger partial charge in [-0.25, -0.2) is 9.31 Å². The van der Waals surface area contributed by atoms with Gasteiger partial charge >= 0.3 is 6.09 Å². The van der Waals surface area contributed by atoms with Crippen LogP contribution in [0.15, 0.2) is 36.7 Å². The van der Waals surface area contributed by atoms with E-state index in [2.05, 4.69) is 15.6 Å². The highest BCUT2D eigenvalue weighted by molar-refractivity contribution is 5.80. The Kier molecular flexibility index (Phi) is 3.38. The number of carboxylic acid groups (broad SMARTS) is 1. The van der Waals surface area contributed by atoms with E-state index in [0.717, 1.165) is 27.8 Å². The molecule has 7 heteroatoms. The van der Waals surface area contributed by atoms with E-state index < -0.39 is 6.09 Å². The predicted octanol–water partition coefficient (Wildman–Crippen LogP) is 2.18. The molecule has 0 unspecified atom stereocenters. The summed E-state index contributed by atoms with van der Waals surface area (Å²) in [5.74, 6) is 0.126. The number of amides is 1. The van der Waals surface area contributed by atoms with E-state index in [0.29, 0.717) is 0 Å². The number of aryl methyl sites for hydroxylation is 1. The molecule has 3 aromatic rings. The van der Waals surface area contributed by atoms with Gasteiger partial charge in [-0.15, -0.1) is 5.10 Å². The second kappa shape index (κ2) is 5.36. The van der Waals surface area contributed by atoms with Crippen LogP contribution in [0, 0.1) is 6.92 Å². The number of rotatable bonds is 3. The fourth-order valence-electron chi connectivity index (χ4n) is 2.37. The van der Waals surface area contributed by atoms with E-state index in [1.807, 2.05) is 25.1 Å². The quantitative estimate of drug-likeness (QED) is 0.688. The zero-order chi connectivity index (χ0) is 15.7. The summed E-state index contributed by atoms with van der Waals surface area (Å²) in [4.78, 5) is 10.6. The van der Waals surface area contributed by atoms with Crippen LogP contribution in [0.1, 0.15) is 11.1 Å². The lowest BCUT2D eigenvalue weighted by atomic mass is 10.0. The first-order valence-corrected chi connectivity index (χ1v) is 6.64. The zero-order valence-corrected chi connectivity index (χ0v) is 11.8. The van der Waals surface area contributed by atoms with Gasteiger partial charge in [0.25, 0.3) is 0 Å². The molecular formula is C15H14N4O3. The normalized spacial score (nSPS) is 10.8. The lowest BCUT2D eigenvalue weighted by Gasteiger charge is -2.09. The Bertz CT molecular complexity index is 857. The van der Waals surface area contributed by atoms with Crippen LogP contribution in [0.4, 0.5) is 4.79 Å². The van der Waals surface area contributed by atoms with Crippen LogP contribution in [0.3, 0.4) is 0 Å². The Labute approximate surface area is 125 Å². The molecule has 112 valence electrons. The van der Waals surface area contributed by atoms with Gasteiger partial charge in [0.15, 0.2) is 0 Å². The van der Waals surface area contributed by atoms with Crippen molar-refractivity contribution in [2.45, 2.75) is 13.5 Å². The van der Waals surface area contributed by atoms with E-state index in [-0.39, 0.29) is 12.3 Å². The van der Waals surface area contributed by atoms with Crippen LogP contribution in [-0.2, 0) is 6.54 Å². The molecule has 1 amide bonds. The predicted molar refractivity (Wildman–Crippen MR) is 79.7 cm³/mol. The Morgan fingerprint density at radius 2 is 2.18 bits per heavy atom. The monoisotopic (exact) mass is 298 g/mol. The van der Waals surface area contributed by atoms with Crippen LogP contribution >= 0.6 is 0 Å². The standard InChI is InChI=1S/C15H14N4O3/c1-9-4-10(2-3-11(9)6-16-15(21)22)13-7-17-18-19-8-12(20)5-14(13)19/h2-5,7-8,16,20H,6H2,1H3,(H,21,22). The first-order valence-electron chi connectivity index (χ1n) is 6.64. The van der Waals surface area contributed by atoms with Crippen molar-refractivity contribution < 1.29 is 15.0 Å². The van der Waals surface area contributed by atoms with E-state index in [1.165, 1.54) is 10.7 Å². The number of hydrogen-bond donors (Lipinski definition) is 3. The summed E-state index contributed by atoms with van der Waals surface area (Å²) in [6.07, 6.45) is 2.08. The Balaban J connectivity index is 2.00. The molecule has 22 heavy (non-hydrogen) atoms. The summed E-state index contributed by atoms with van der Waals surface area (Å²) in [5, 5.41) is 28.4. The van der Waals surface area contributed by atoms with Crippen LogP contribution < -0.4 is 5.32 Å². The molecule has 0 radical (unpaired) electrons. The van der Waals surface area contributed by atoms with Gasteiger partial charge in [0.05, 0.1) is 17.9 Å². The zero-order valence-electron chi connectivity index (χ0n) is 11.8. The average Bonchev–Trinajstić information content (AvgIpc) is 2.85. The lowest BCUT2D eigenvalue weighted by molar-refractivity contribution is 0.194. The van der Waals surface area contributed by atoms with Gasteiger partial charge in [-0.2, -0.15) is 0 Å². The number of nitrogens with zero attached hydrogens (tertiary/aromatic N) is 3. The smallest absolute Gasteiger partial charge is 0.404 e. The third-order valence-corrected chi connectivity index (χ3v) is 3.48. The lowest BCUT2D eigenvalue weighted by Crippen LogP contribution is -2.20. The fraction of sp³-hybridized carbons (Fsp3) is 0.133. The maximum atomic E-state index is 10.6. The van der Waals surface area contributed by atoms with Gasteiger partial charge in [-0.1, -0.05) is 23.4 Å². The van der Waals surface area contributed by atoms with Crippen molar-refractivity contribution in [3.63, 3.8) is 0 Å². The first-order chi connectivity index (χ1) is 10.5. The first kappa shape index (κ1) is 13.9. The summed E-state index contributed by atoms with van der Waals surface area (Å²) < 4.78 is 1.51. The number of fused-ring (bicyclic) bond motifs is 1. The minimum Gasteiger partial charge on any atom is -0.506 e. The molecule has 0 aliphatic heterocycles. The average molecular weight is 298 g/mol. The van der Waals surface area contributed by atoms with Gasteiger partial charge in [-0.05, 0) is 23.6 Å². The molecular weight excluding hydrogens is 284 g/mol. The van der Waals surface area contributed by atoms with Gasteiger partial charge in [0.1, 0.15) is 5.75 Å². The van der Waals surface area contributed by atoms with E-state index in [9.17, 15) is 9.90 Å². The van der Waals surface area contributed by atoms with Gasteiger partial charge in [-0.3, -0.25) is 0 Å². The number of benzene rings is 1. The second-order valence-electron chi connectivity index (χ2n) is 4.98. The van der Waals surface area contributed by atoms with Crippen molar-refractivity contribution in [1.82, 2.24) is 20.1 Å². The molecule has 0 saturated heterocycles. The Hall–Kier alpha value is -3.09. The molecule has 3 N–H and O–H groups in total. The summed E-state index contributed by atoms with van der Waals surface area (Å²) in [6, 6.07) is 7.35. The third-order valence-electron chi connectivity index (χ3n) is 3.48. The van der Waals surface area contributed by atoms with Crippen molar-refractivity contribution in [2.24, 2.45) is 0 Å². The fourth-order valence-corrected chi connectivity index (χ4v) is 2.37. The number of aromatic nitrogens is 3. The van der Waals surface area contributed by atoms with E-state index >= 15 is 0 Å². The summed E-state index contributed by atoms with van der Waals surface area (Å²) in [7, 11) is 0. The topological polar surface area (TPSA) is 99.8 Å². The van der Waals surface area contributed by atoms with E-state index in [1.54, 1.807) is 12.3 Å². The van der Waals surface area contributed by atoms with Gasteiger partial charge in [0.2, 0.25) is 0 Å². The number of nitrogens with one attached hydrogen (secondary N) is 1. The van der Waals surface area contributed by atoms with Gasteiger partial charge < -0.3 is 15.5 Å². The Morgan fingerprint density at radius 3 is 2.91 bits per heavy atom. The van der Waals surface area contributed by atoms with Crippen LogP contribution in [0.25, 0.3) is 16.6 Å². The summed E-state index contributed by atoms with van der Waals surface area (Å²) in [6.45, 7) is 2.18. The van der Waals surface area contributed by atoms with Crippen LogP contribution in [-0.4, -0.2) is 31.1 Å². The van der Waals surface area contributed by atoms with Crippen LogP contribution in [0.2, 0.25) is 0 Å². The van der Waals surface area contributed by atoms with Crippen LogP contribution in [0.5, 0.6) is 5.75 Å². The van der Waals surface area contributed by atoms with Crippen molar-refractivity contribution in [3.05, 3.63) is 47.8 Å². The second-order valence-corrected chi connectivity index (χ2v) is 4.98. The molecule has 0 aliphatic carbocycles. The maximum Gasteiger partial charge on any atom is 0.404 e. The molecule has 2 heterocycles. The summed E-state index contributed by atoms with van der Waals surface area (Å²) >= 11 is 0. The third kappa shape index (κ3) is 2.56. The minimum atomic E-state index is -1.05. The molecule has 2 aromatic heterocycles. The molecule has 0 spiro atoms. The molecule has 1 aromatic carbocycles. The minimum absolute atomic E-state index is 0.126.